The van der Waals surface area contributed by atoms with Crippen LogP contribution in [0.5, 0.6) is 0 Å². The van der Waals surface area contributed by atoms with Crippen molar-refractivity contribution in [1.29, 1.82) is 0 Å². The molecule has 0 saturated carbocycles. The molecule has 0 radical (unpaired) electrons. The summed E-state index contributed by atoms with van der Waals surface area (Å²) in [6, 6.07) is -0.964. The van der Waals surface area contributed by atoms with E-state index in [9.17, 15) is 8.78 Å². The highest BCUT2D eigenvalue weighted by Crippen LogP contribution is 2.21. The molecule has 0 fully saturated rings. The molecule has 0 amide bonds. The topological polar surface area (TPSA) is 37.8 Å². The summed E-state index contributed by atoms with van der Waals surface area (Å²) in [5.74, 6) is 0.815. The average Bonchev–Trinajstić information content (AvgIpc) is 2.13. The molecular weight excluding hydrogens is 224 g/mol. The molecule has 0 bridgehead atoms. The lowest BCUT2D eigenvalue weighted by atomic mass is 10.3. The second-order valence-corrected chi connectivity index (χ2v) is 3.66. The van der Waals surface area contributed by atoms with E-state index in [1.807, 2.05) is 0 Å². The maximum atomic E-state index is 12.3. The van der Waals surface area contributed by atoms with Gasteiger partial charge < -0.3 is 5.32 Å². The molecule has 1 atom stereocenters. The summed E-state index contributed by atoms with van der Waals surface area (Å²) in [5, 5.41) is 2.89. The van der Waals surface area contributed by atoms with Crippen molar-refractivity contribution in [2.24, 2.45) is 0 Å². The summed E-state index contributed by atoms with van der Waals surface area (Å²) < 4.78 is 24.6. The molecule has 1 N–H and O–H groups in total. The first kappa shape index (κ1) is 12.1. The predicted octanol–water partition coefficient (Wildman–Crippen LogP) is 2.81. The van der Waals surface area contributed by atoms with Crippen molar-refractivity contribution in [3.05, 3.63) is 16.5 Å². The number of hydrogen-bond acceptors (Lipinski definition) is 3. The van der Waals surface area contributed by atoms with Gasteiger partial charge in [0.1, 0.15) is 16.8 Å². The maximum Gasteiger partial charge on any atom is 0.258 e. The zero-order valence-electron chi connectivity index (χ0n) is 8.68. The van der Waals surface area contributed by atoms with E-state index in [1.54, 1.807) is 13.8 Å². The van der Waals surface area contributed by atoms with E-state index < -0.39 is 12.5 Å². The number of halogens is 3. The van der Waals surface area contributed by atoms with Crippen LogP contribution in [0.25, 0.3) is 0 Å². The number of hydrogen-bond donors (Lipinski definition) is 1. The molecule has 1 heterocycles. The molecule has 1 aromatic heterocycles. The molecule has 84 valence electrons. The van der Waals surface area contributed by atoms with Crippen LogP contribution in [0.1, 0.15) is 18.3 Å². The van der Waals surface area contributed by atoms with E-state index in [2.05, 4.69) is 15.3 Å². The van der Waals surface area contributed by atoms with Crippen molar-refractivity contribution in [3.63, 3.8) is 0 Å². The first-order valence-corrected chi connectivity index (χ1v) is 4.85. The van der Waals surface area contributed by atoms with Gasteiger partial charge in [-0.25, -0.2) is 18.7 Å². The lowest BCUT2D eigenvalue weighted by molar-refractivity contribution is 0.130. The third-order valence-corrected chi connectivity index (χ3v) is 2.31. The molecule has 6 heteroatoms. The van der Waals surface area contributed by atoms with Crippen molar-refractivity contribution in [3.8, 4) is 0 Å². The number of nitrogens with zero attached hydrogens (tertiary/aromatic N) is 2. The van der Waals surface area contributed by atoms with Crippen LogP contribution in [0.4, 0.5) is 14.6 Å². The van der Waals surface area contributed by atoms with Gasteiger partial charge in [0.25, 0.3) is 6.43 Å². The van der Waals surface area contributed by atoms with Crippen LogP contribution in [0.15, 0.2) is 0 Å². The molecular formula is C9H12ClF2N3. The Hall–Kier alpha value is -0.970. The normalized spacial score (nSPS) is 13.0. The lowest BCUT2D eigenvalue weighted by Crippen LogP contribution is -2.25. The minimum atomic E-state index is -2.45. The molecule has 0 aliphatic rings. The third-order valence-electron chi connectivity index (χ3n) is 1.94. The molecule has 3 nitrogen and oxygen atoms in total. The molecule has 15 heavy (non-hydrogen) atoms. The van der Waals surface area contributed by atoms with Crippen LogP contribution >= 0.6 is 11.6 Å². The molecule has 1 rings (SSSR count). The Morgan fingerprint density at radius 3 is 2.40 bits per heavy atom. The van der Waals surface area contributed by atoms with Gasteiger partial charge in [-0.15, -0.1) is 0 Å². The second-order valence-electron chi connectivity index (χ2n) is 3.30. The summed E-state index contributed by atoms with van der Waals surface area (Å²) >= 11 is 5.80. The van der Waals surface area contributed by atoms with Gasteiger partial charge in [-0.2, -0.15) is 0 Å². The number of alkyl halides is 2. The fourth-order valence-corrected chi connectivity index (χ4v) is 1.23. The molecule has 0 spiro atoms. The fourth-order valence-electron chi connectivity index (χ4n) is 1.01. The Balaban J connectivity index is 2.94. The van der Waals surface area contributed by atoms with Gasteiger partial charge in [0.15, 0.2) is 0 Å². The standard InChI is InChI=1S/C9H12ClF2N3/c1-4-7(10)14-6(3)15-9(4)13-5(2)8(11)12/h5,8H,1-3H3,(H,13,14,15). The molecule has 0 aliphatic carbocycles. The van der Waals surface area contributed by atoms with Crippen molar-refractivity contribution in [2.45, 2.75) is 33.2 Å². The van der Waals surface area contributed by atoms with Gasteiger partial charge in [-0.1, -0.05) is 11.6 Å². The van der Waals surface area contributed by atoms with Gasteiger partial charge in [0, 0.05) is 5.56 Å². The fraction of sp³-hybridized carbons (Fsp3) is 0.556. The van der Waals surface area contributed by atoms with Crippen LogP contribution in [-0.2, 0) is 0 Å². The smallest absolute Gasteiger partial charge is 0.258 e. The summed E-state index contributed by atoms with van der Waals surface area (Å²) in [4.78, 5) is 7.93. The Morgan fingerprint density at radius 1 is 1.27 bits per heavy atom. The van der Waals surface area contributed by atoms with Crippen molar-refractivity contribution in [1.82, 2.24) is 9.97 Å². The Bertz CT molecular complexity index is 357. The van der Waals surface area contributed by atoms with Crippen LogP contribution in [0.3, 0.4) is 0 Å². The van der Waals surface area contributed by atoms with Crippen molar-refractivity contribution >= 4 is 17.4 Å². The molecule has 1 aromatic rings. The summed E-state index contributed by atoms with van der Waals surface area (Å²) in [5.41, 5.74) is 0.578. The highest BCUT2D eigenvalue weighted by atomic mass is 35.5. The number of anilines is 1. The maximum absolute atomic E-state index is 12.3. The van der Waals surface area contributed by atoms with Gasteiger partial charge in [0.05, 0.1) is 6.04 Å². The number of aromatic nitrogens is 2. The second kappa shape index (κ2) is 4.70. The third kappa shape index (κ3) is 2.99. The first-order chi connectivity index (χ1) is 6.91. The monoisotopic (exact) mass is 235 g/mol. The zero-order chi connectivity index (χ0) is 11.6. The van der Waals surface area contributed by atoms with Crippen LogP contribution < -0.4 is 5.32 Å². The van der Waals surface area contributed by atoms with E-state index in [-0.39, 0.29) is 5.15 Å². The Morgan fingerprint density at radius 2 is 1.87 bits per heavy atom. The van der Waals surface area contributed by atoms with E-state index in [1.165, 1.54) is 6.92 Å². The summed E-state index contributed by atoms with van der Waals surface area (Å²) in [7, 11) is 0. The summed E-state index contributed by atoms with van der Waals surface area (Å²) in [6.07, 6.45) is -2.45. The molecule has 0 aliphatic heterocycles. The van der Waals surface area contributed by atoms with Crippen molar-refractivity contribution < 1.29 is 8.78 Å². The Kier molecular flexibility index (Phi) is 3.79. The lowest BCUT2D eigenvalue weighted by Gasteiger charge is -2.15. The van der Waals surface area contributed by atoms with Gasteiger partial charge in [-0.05, 0) is 20.8 Å². The van der Waals surface area contributed by atoms with E-state index in [4.69, 9.17) is 11.6 Å². The number of rotatable bonds is 3. The number of aryl methyl sites for hydroxylation is 1. The first-order valence-electron chi connectivity index (χ1n) is 4.47. The van der Waals surface area contributed by atoms with Crippen LogP contribution in [0.2, 0.25) is 5.15 Å². The molecule has 0 aromatic carbocycles. The minimum absolute atomic E-state index is 0.284. The van der Waals surface area contributed by atoms with Gasteiger partial charge in [-0.3, -0.25) is 0 Å². The largest absolute Gasteiger partial charge is 0.361 e. The van der Waals surface area contributed by atoms with Crippen LogP contribution in [0, 0.1) is 13.8 Å². The predicted molar refractivity (Wildman–Crippen MR) is 55.6 cm³/mol. The summed E-state index contributed by atoms with van der Waals surface area (Å²) in [6.45, 7) is 4.72. The zero-order valence-corrected chi connectivity index (χ0v) is 9.44. The van der Waals surface area contributed by atoms with E-state index >= 15 is 0 Å². The van der Waals surface area contributed by atoms with Crippen LogP contribution in [-0.4, -0.2) is 22.4 Å². The number of nitrogens with one attached hydrogen (secondary N) is 1. The highest BCUT2D eigenvalue weighted by Gasteiger charge is 2.17. The molecule has 0 saturated heterocycles. The van der Waals surface area contributed by atoms with Crippen molar-refractivity contribution in [2.75, 3.05) is 5.32 Å². The van der Waals surface area contributed by atoms with Gasteiger partial charge in [0.2, 0.25) is 0 Å². The van der Waals surface area contributed by atoms with Gasteiger partial charge >= 0.3 is 0 Å². The highest BCUT2D eigenvalue weighted by molar-refractivity contribution is 6.30. The molecule has 1 unspecified atom stereocenters. The minimum Gasteiger partial charge on any atom is -0.361 e. The quantitative estimate of drug-likeness (QED) is 0.819. The Labute approximate surface area is 91.9 Å². The average molecular weight is 236 g/mol. The SMILES string of the molecule is Cc1nc(Cl)c(C)c(NC(C)C(F)F)n1. The van der Waals surface area contributed by atoms with E-state index in [0.717, 1.165) is 0 Å². The van der Waals surface area contributed by atoms with E-state index in [0.29, 0.717) is 17.2 Å².